The SMILES string of the molecule is CC(C)(C)c1nc(COc2csc(C(=O)O)c2)cs1. The van der Waals surface area contributed by atoms with E-state index in [4.69, 9.17) is 9.84 Å². The third-order valence-electron chi connectivity index (χ3n) is 2.37. The number of aromatic nitrogens is 1. The second kappa shape index (κ2) is 5.30. The van der Waals surface area contributed by atoms with Crippen LogP contribution in [0, 0.1) is 0 Å². The predicted molar refractivity (Wildman–Crippen MR) is 76.4 cm³/mol. The smallest absolute Gasteiger partial charge is 0.346 e. The lowest BCUT2D eigenvalue weighted by atomic mass is 9.98. The topological polar surface area (TPSA) is 59.4 Å². The van der Waals surface area contributed by atoms with Crippen LogP contribution in [-0.4, -0.2) is 16.1 Å². The molecular weight excluding hydrogens is 282 g/mol. The molecule has 0 unspecified atom stereocenters. The Morgan fingerprint density at radius 1 is 1.37 bits per heavy atom. The number of thiazole rings is 1. The minimum Gasteiger partial charge on any atom is -0.486 e. The summed E-state index contributed by atoms with van der Waals surface area (Å²) in [6.45, 7) is 6.72. The van der Waals surface area contributed by atoms with Gasteiger partial charge in [-0.2, -0.15) is 0 Å². The van der Waals surface area contributed by atoms with Crippen LogP contribution in [0.5, 0.6) is 5.75 Å². The molecule has 2 aromatic heterocycles. The van der Waals surface area contributed by atoms with Gasteiger partial charge in [0.1, 0.15) is 17.2 Å². The van der Waals surface area contributed by atoms with Gasteiger partial charge in [-0.3, -0.25) is 0 Å². The maximum Gasteiger partial charge on any atom is 0.346 e. The molecule has 0 amide bonds. The van der Waals surface area contributed by atoms with E-state index >= 15 is 0 Å². The molecule has 0 saturated heterocycles. The van der Waals surface area contributed by atoms with Gasteiger partial charge in [0.25, 0.3) is 0 Å². The van der Waals surface area contributed by atoms with Crippen LogP contribution in [0.15, 0.2) is 16.8 Å². The van der Waals surface area contributed by atoms with Gasteiger partial charge in [0.05, 0.1) is 10.7 Å². The van der Waals surface area contributed by atoms with Gasteiger partial charge < -0.3 is 9.84 Å². The monoisotopic (exact) mass is 297 g/mol. The average Bonchev–Trinajstić information content (AvgIpc) is 2.95. The van der Waals surface area contributed by atoms with E-state index in [0.717, 1.165) is 22.0 Å². The Hall–Kier alpha value is -1.40. The third-order valence-corrected chi connectivity index (χ3v) is 4.58. The van der Waals surface area contributed by atoms with Gasteiger partial charge in [-0.05, 0) is 0 Å². The molecule has 1 N–H and O–H groups in total. The minimum atomic E-state index is -0.927. The van der Waals surface area contributed by atoms with E-state index < -0.39 is 5.97 Å². The molecule has 6 heteroatoms. The lowest BCUT2D eigenvalue weighted by Crippen LogP contribution is -2.10. The molecule has 0 aliphatic rings. The van der Waals surface area contributed by atoms with Crippen molar-refractivity contribution in [1.82, 2.24) is 4.98 Å². The van der Waals surface area contributed by atoms with E-state index in [2.05, 4.69) is 25.8 Å². The van der Waals surface area contributed by atoms with Crippen molar-refractivity contribution in [2.45, 2.75) is 32.8 Å². The van der Waals surface area contributed by atoms with Crippen LogP contribution < -0.4 is 4.74 Å². The molecule has 0 aromatic carbocycles. The maximum absolute atomic E-state index is 10.7. The zero-order valence-corrected chi connectivity index (χ0v) is 12.6. The molecule has 0 aliphatic heterocycles. The molecule has 2 rings (SSSR count). The van der Waals surface area contributed by atoms with Crippen molar-refractivity contribution in [1.29, 1.82) is 0 Å². The van der Waals surface area contributed by atoms with E-state index in [1.54, 1.807) is 16.7 Å². The molecule has 0 radical (unpaired) electrons. The van der Waals surface area contributed by atoms with Crippen LogP contribution >= 0.6 is 22.7 Å². The van der Waals surface area contributed by atoms with E-state index in [1.165, 1.54) is 6.07 Å². The molecule has 0 saturated carbocycles. The Bertz CT molecular complexity index is 581. The first-order chi connectivity index (χ1) is 8.86. The van der Waals surface area contributed by atoms with E-state index in [9.17, 15) is 4.79 Å². The number of hydrogen-bond acceptors (Lipinski definition) is 5. The molecule has 0 atom stereocenters. The first kappa shape index (κ1) is 14.0. The van der Waals surface area contributed by atoms with Gasteiger partial charge >= 0.3 is 5.97 Å². The summed E-state index contributed by atoms with van der Waals surface area (Å²) in [5, 5.41) is 13.6. The van der Waals surface area contributed by atoms with Gasteiger partial charge in [-0.15, -0.1) is 22.7 Å². The van der Waals surface area contributed by atoms with Crippen LogP contribution in [0.2, 0.25) is 0 Å². The number of rotatable bonds is 4. The first-order valence-electron chi connectivity index (χ1n) is 5.76. The summed E-state index contributed by atoms with van der Waals surface area (Å²) in [6.07, 6.45) is 0. The summed E-state index contributed by atoms with van der Waals surface area (Å²) in [5.74, 6) is -0.351. The van der Waals surface area contributed by atoms with Gasteiger partial charge in [-0.1, -0.05) is 20.8 Å². The number of nitrogens with zero attached hydrogens (tertiary/aromatic N) is 1. The molecule has 0 aliphatic carbocycles. The Kier molecular flexibility index (Phi) is 3.91. The fraction of sp³-hybridized carbons (Fsp3) is 0.385. The molecule has 0 fully saturated rings. The van der Waals surface area contributed by atoms with Crippen molar-refractivity contribution < 1.29 is 14.6 Å². The highest BCUT2D eigenvalue weighted by atomic mass is 32.1. The van der Waals surface area contributed by atoms with E-state index in [-0.39, 0.29) is 10.3 Å². The number of thiophene rings is 1. The predicted octanol–water partition coefficient (Wildman–Crippen LogP) is 3.78. The van der Waals surface area contributed by atoms with Crippen LogP contribution in [-0.2, 0) is 12.0 Å². The number of carboxylic acids is 1. The lowest BCUT2D eigenvalue weighted by molar-refractivity contribution is 0.0702. The van der Waals surface area contributed by atoms with Crippen LogP contribution in [0.1, 0.15) is 41.1 Å². The number of hydrogen-bond donors (Lipinski definition) is 1. The number of carbonyl (C=O) groups is 1. The van der Waals surface area contributed by atoms with Crippen molar-refractivity contribution in [3.8, 4) is 5.75 Å². The standard InChI is InChI=1S/C13H15NO3S2/c1-13(2,3)12-14-8(6-19-12)5-17-9-4-10(11(15)16)18-7-9/h4,6-7H,5H2,1-3H3,(H,15,16). The number of ether oxygens (including phenoxy) is 1. The van der Waals surface area contributed by atoms with Crippen molar-refractivity contribution in [3.05, 3.63) is 32.4 Å². The highest BCUT2D eigenvalue weighted by molar-refractivity contribution is 7.12. The summed E-state index contributed by atoms with van der Waals surface area (Å²) in [7, 11) is 0. The Balaban J connectivity index is 1.98. The molecule has 19 heavy (non-hydrogen) atoms. The zero-order valence-electron chi connectivity index (χ0n) is 11.0. The summed E-state index contributed by atoms with van der Waals surface area (Å²) in [5.41, 5.74) is 0.917. The fourth-order valence-corrected chi connectivity index (χ4v) is 2.94. The average molecular weight is 297 g/mol. The quantitative estimate of drug-likeness (QED) is 0.933. The Labute approximate surface area is 119 Å². The lowest BCUT2D eigenvalue weighted by Gasteiger charge is -2.13. The van der Waals surface area contributed by atoms with Gasteiger partial charge in [0, 0.05) is 22.2 Å². The third kappa shape index (κ3) is 3.54. The second-order valence-corrected chi connectivity index (χ2v) is 6.90. The number of aromatic carboxylic acids is 1. The summed E-state index contributed by atoms with van der Waals surface area (Å²) >= 11 is 2.78. The molecule has 2 aromatic rings. The molecule has 4 nitrogen and oxygen atoms in total. The highest BCUT2D eigenvalue weighted by Crippen LogP contribution is 2.27. The van der Waals surface area contributed by atoms with Gasteiger partial charge in [-0.25, -0.2) is 9.78 Å². The summed E-state index contributed by atoms with van der Waals surface area (Å²) in [6, 6.07) is 1.53. The summed E-state index contributed by atoms with van der Waals surface area (Å²) < 4.78 is 5.54. The van der Waals surface area contributed by atoms with Crippen molar-refractivity contribution in [2.24, 2.45) is 0 Å². The zero-order chi connectivity index (χ0) is 14.0. The molecular formula is C13H15NO3S2. The minimum absolute atomic E-state index is 0.0434. The van der Waals surface area contributed by atoms with Gasteiger partial charge in [0.2, 0.25) is 0 Å². The Morgan fingerprint density at radius 2 is 2.11 bits per heavy atom. The molecule has 0 bridgehead atoms. The van der Waals surface area contributed by atoms with Crippen LogP contribution in [0.3, 0.4) is 0 Å². The largest absolute Gasteiger partial charge is 0.486 e. The van der Waals surface area contributed by atoms with Crippen molar-refractivity contribution >= 4 is 28.6 Å². The van der Waals surface area contributed by atoms with Crippen molar-refractivity contribution in [2.75, 3.05) is 0 Å². The van der Waals surface area contributed by atoms with E-state index in [0.29, 0.717) is 12.4 Å². The second-order valence-electron chi connectivity index (χ2n) is 5.13. The first-order valence-corrected chi connectivity index (χ1v) is 7.51. The van der Waals surface area contributed by atoms with Crippen molar-refractivity contribution in [3.63, 3.8) is 0 Å². The van der Waals surface area contributed by atoms with Gasteiger partial charge in [0.15, 0.2) is 0 Å². The number of carboxylic acid groups (broad SMARTS) is 1. The van der Waals surface area contributed by atoms with Crippen LogP contribution in [0.25, 0.3) is 0 Å². The normalized spacial score (nSPS) is 11.5. The van der Waals surface area contributed by atoms with E-state index in [1.807, 2.05) is 5.38 Å². The molecule has 102 valence electrons. The summed E-state index contributed by atoms with van der Waals surface area (Å²) in [4.78, 5) is 15.5. The highest BCUT2D eigenvalue weighted by Gasteiger charge is 2.18. The molecule has 0 spiro atoms. The maximum atomic E-state index is 10.7. The van der Waals surface area contributed by atoms with Crippen LogP contribution in [0.4, 0.5) is 0 Å². The Morgan fingerprint density at radius 3 is 2.63 bits per heavy atom. The molecule has 2 heterocycles. The fourth-order valence-electron chi connectivity index (χ4n) is 1.38.